The summed E-state index contributed by atoms with van der Waals surface area (Å²) >= 11 is 0. The van der Waals surface area contributed by atoms with Gasteiger partial charge < -0.3 is 18.9 Å². The topological polar surface area (TPSA) is 36.9 Å². The van der Waals surface area contributed by atoms with E-state index in [1.807, 2.05) is 0 Å². The highest BCUT2D eigenvalue weighted by atomic mass is 16.7. The van der Waals surface area contributed by atoms with Crippen LogP contribution in [0.5, 0.6) is 0 Å². The molecule has 1 aromatic carbocycles. The van der Waals surface area contributed by atoms with E-state index in [-0.39, 0.29) is 6.29 Å². The fourth-order valence-corrected chi connectivity index (χ4v) is 4.07. The van der Waals surface area contributed by atoms with Crippen LogP contribution in [0.25, 0.3) is 0 Å². The number of benzene rings is 1. The minimum Gasteiger partial charge on any atom is -0.381 e. The van der Waals surface area contributed by atoms with Crippen molar-refractivity contribution < 1.29 is 18.9 Å². The van der Waals surface area contributed by atoms with Crippen LogP contribution in [0.3, 0.4) is 0 Å². The fourth-order valence-electron chi connectivity index (χ4n) is 4.07. The van der Waals surface area contributed by atoms with Crippen molar-refractivity contribution >= 4 is 0 Å². The minimum absolute atomic E-state index is 0.275. The van der Waals surface area contributed by atoms with E-state index >= 15 is 0 Å². The number of unbranched alkanes of at least 4 members (excludes halogenated alkanes) is 10. The number of rotatable bonds is 19. The molecular formula is C28H48O4. The van der Waals surface area contributed by atoms with Gasteiger partial charge in [0.25, 0.3) is 0 Å². The fraction of sp³-hybridized carbons (Fsp3) is 0.786. The molecule has 0 amide bonds. The summed E-state index contributed by atoms with van der Waals surface area (Å²) in [5.74, 6) is 0.329. The molecule has 0 aromatic heterocycles. The van der Waals surface area contributed by atoms with Crippen LogP contribution in [0.1, 0.15) is 108 Å². The predicted octanol–water partition coefficient (Wildman–Crippen LogP) is 7.60. The van der Waals surface area contributed by atoms with Gasteiger partial charge in [0, 0.05) is 24.7 Å². The molecule has 1 aliphatic rings. The van der Waals surface area contributed by atoms with Crippen LogP contribution in [-0.4, -0.2) is 33.0 Å². The van der Waals surface area contributed by atoms with Gasteiger partial charge in [0.1, 0.15) is 0 Å². The van der Waals surface area contributed by atoms with Crippen molar-refractivity contribution in [1.82, 2.24) is 0 Å². The van der Waals surface area contributed by atoms with Crippen LogP contribution >= 0.6 is 0 Å². The summed E-state index contributed by atoms with van der Waals surface area (Å²) in [6, 6.07) is 8.42. The van der Waals surface area contributed by atoms with Gasteiger partial charge in [0.15, 0.2) is 6.29 Å². The molecule has 1 fully saturated rings. The maximum atomic E-state index is 6.00. The van der Waals surface area contributed by atoms with Gasteiger partial charge in [0.2, 0.25) is 0 Å². The molecule has 32 heavy (non-hydrogen) atoms. The molecule has 0 saturated carbocycles. The average molecular weight is 449 g/mol. The van der Waals surface area contributed by atoms with Crippen molar-refractivity contribution in [1.29, 1.82) is 0 Å². The van der Waals surface area contributed by atoms with Crippen LogP contribution in [0.4, 0.5) is 0 Å². The third-order valence-electron chi connectivity index (χ3n) is 6.10. The second kappa shape index (κ2) is 18.5. The van der Waals surface area contributed by atoms with Crippen molar-refractivity contribution in [3.8, 4) is 0 Å². The number of hydrogen-bond donors (Lipinski definition) is 0. The summed E-state index contributed by atoms with van der Waals surface area (Å²) in [7, 11) is 0. The predicted molar refractivity (Wildman–Crippen MR) is 132 cm³/mol. The lowest BCUT2D eigenvalue weighted by Gasteiger charge is -2.29. The van der Waals surface area contributed by atoms with Gasteiger partial charge in [-0.05, 0) is 24.5 Å². The van der Waals surface area contributed by atoms with Gasteiger partial charge in [-0.3, -0.25) is 0 Å². The molecule has 2 rings (SSSR count). The zero-order chi connectivity index (χ0) is 22.7. The van der Waals surface area contributed by atoms with E-state index in [1.54, 1.807) is 0 Å². The van der Waals surface area contributed by atoms with Gasteiger partial charge in [0.05, 0.1) is 26.4 Å². The normalized spacial score (nSPS) is 18.8. The standard InChI is InChI=1S/C28H48O4/c1-3-5-7-9-11-13-18-29-21-25-16-15-17-27(20-25)28-31-23-26(24-32-28)22-30-19-14-12-10-8-6-4-2/h15-17,20,26,28H,3-14,18-19,21-24H2,1-2H3. The maximum Gasteiger partial charge on any atom is 0.183 e. The van der Waals surface area contributed by atoms with Crippen LogP contribution in [0.15, 0.2) is 24.3 Å². The van der Waals surface area contributed by atoms with Crippen LogP contribution in [-0.2, 0) is 25.6 Å². The van der Waals surface area contributed by atoms with Gasteiger partial charge in [-0.2, -0.15) is 0 Å². The molecular weight excluding hydrogens is 400 g/mol. The Labute approximate surface area is 197 Å². The highest BCUT2D eigenvalue weighted by Gasteiger charge is 2.23. The first-order valence-corrected chi connectivity index (χ1v) is 13.3. The smallest absolute Gasteiger partial charge is 0.183 e. The van der Waals surface area contributed by atoms with E-state index in [9.17, 15) is 0 Å². The molecule has 1 heterocycles. The molecule has 0 aliphatic carbocycles. The Kier molecular flexibility index (Phi) is 15.8. The summed E-state index contributed by atoms with van der Waals surface area (Å²) < 4.78 is 23.7. The molecule has 0 unspecified atom stereocenters. The summed E-state index contributed by atoms with van der Waals surface area (Å²) in [6.07, 6.45) is 15.3. The maximum absolute atomic E-state index is 6.00. The average Bonchev–Trinajstić information content (AvgIpc) is 2.83. The first-order chi connectivity index (χ1) is 15.8. The van der Waals surface area contributed by atoms with E-state index < -0.39 is 0 Å². The van der Waals surface area contributed by atoms with Crippen LogP contribution in [0.2, 0.25) is 0 Å². The van der Waals surface area contributed by atoms with E-state index in [1.165, 1.54) is 69.8 Å². The molecule has 0 spiro atoms. The van der Waals surface area contributed by atoms with E-state index in [0.717, 1.165) is 38.2 Å². The Bertz CT molecular complexity index is 554. The molecule has 1 aromatic rings. The summed E-state index contributed by atoms with van der Waals surface area (Å²) in [6.45, 7) is 8.98. The monoisotopic (exact) mass is 448 g/mol. The molecule has 0 radical (unpaired) electrons. The van der Waals surface area contributed by atoms with Gasteiger partial charge in [-0.1, -0.05) is 96.3 Å². The van der Waals surface area contributed by atoms with Crippen molar-refractivity contribution in [2.24, 2.45) is 5.92 Å². The van der Waals surface area contributed by atoms with Gasteiger partial charge in [-0.15, -0.1) is 0 Å². The largest absolute Gasteiger partial charge is 0.381 e. The number of ether oxygens (including phenoxy) is 4. The number of hydrogen-bond acceptors (Lipinski definition) is 4. The molecule has 0 bridgehead atoms. The summed E-state index contributed by atoms with van der Waals surface area (Å²) in [5.41, 5.74) is 2.27. The summed E-state index contributed by atoms with van der Waals surface area (Å²) in [4.78, 5) is 0. The molecule has 1 saturated heterocycles. The lowest BCUT2D eigenvalue weighted by Crippen LogP contribution is -2.30. The lowest BCUT2D eigenvalue weighted by atomic mass is 10.1. The van der Waals surface area contributed by atoms with E-state index in [0.29, 0.717) is 25.7 Å². The van der Waals surface area contributed by atoms with Crippen molar-refractivity contribution in [2.45, 2.75) is 104 Å². The highest BCUT2D eigenvalue weighted by Crippen LogP contribution is 2.26. The first kappa shape index (κ1) is 27.3. The Morgan fingerprint density at radius 1 is 0.750 bits per heavy atom. The Morgan fingerprint density at radius 2 is 1.34 bits per heavy atom. The lowest BCUT2D eigenvalue weighted by molar-refractivity contribution is -0.212. The highest BCUT2D eigenvalue weighted by molar-refractivity contribution is 5.24. The van der Waals surface area contributed by atoms with Gasteiger partial charge >= 0.3 is 0 Å². The second-order valence-electron chi connectivity index (χ2n) is 9.27. The minimum atomic E-state index is -0.275. The van der Waals surface area contributed by atoms with E-state index in [4.69, 9.17) is 18.9 Å². The molecule has 1 aliphatic heterocycles. The molecule has 4 nitrogen and oxygen atoms in total. The van der Waals surface area contributed by atoms with Crippen LogP contribution < -0.4 is 0 Å². The second-order valence-corrected chi connectivity index (χ2v) is 9.27. The van der Waals surface area contributed by atoms with Gasteiger partial charge in [-0.25, -0.2) is 0 Å². The molecule has 4 heteroatoms. The van der Waals surface area contributed by atoms with Crippen molar-refractivity contribution in [3.05, 3.63) is 35.4 Å². The van der Waals surface area contributed by atoms with Crippen molar-refractivity contribution in [2.75, 3.05) is 33.0 Å². The summed E-state index contributed by atoms with van der Waals surface area (Å²) in [5, 5.41) is 0. The molecule has 0 N–H and O–H groups in total. The Hall–Kier alpha value is -0.940. The first-order valence-electron chi connectivity index (χ1n) is 13.3. The van der Waals surface area contributed by atoms with Crippen LogP contribution in [0, 0.1) is 5.92 Å². The Balaban J connectivity index is 1.54. The Morgan fingerprint density at radius 3 is 2.00 bits per heavy atom. The third kappa shape index (κ3) is 12.3. The third-order valence-corrected chi connectivity index (χ3v) is 6.10. The van der Waals surface area contributed by atoms with Crippen molar-refractivity contribution in [3.63, 3.8) is 0 Å². The van der Waals surface area contributed by atoms with E-state index in [2.05, 4.69) is 38.1 Å². The SMILES string of the molecule is CCCCCCCCOCc1cccc(C2OCC(COCCCCCCCC)CO2)c1. The molecule has 0 atom stereocenters. The molecule has 184 valence electrons. The quantitative estimate of drug-likeness (QED) is 0.204. The zero-order valence-electron chi connectivity index (χ0n) is 20.8. The zero-order valence-corrected chi connectivity index (χ0v) is 20.8.